The third-order valence-electron chi connectivity index (χ3n) is 5.80. The van der Waals surface area contributed by atoms with Gasteiger partial charge in [-0.3, -0.25) is 9.59 Å². The lowest BCUT2D eigenvalue weighted by atomic mass is 9.96. The molecule has 5 heteroatoms. The average molecular weight is 382 g/mol. The van der Waals surface area contributed by atoms with Crippen molar-refractivity contribution in [3.63, 3.8) is 0 Å². The number of nitrogens with one attached hydrogen (secondary N) is 1. The fourth-order valence-electron chi connectivity index (χ4n) is 3.95. The van der Waals surface area contributed by atoms with Crippen molar-refractivity contribution in [2.75, 3.05) is 6.54 Å². The highest BCUT2D eigenvalue weighted by molar-refractivity contribution is 5.79. The molecule has 0 unspecified atom stereocenters. The van der Waals surface area contributed by atoms with E-state index in [4.69, 9.17) is 4.98 Å². The Morgan fingerprint density at radius 1 is 1.29 bits per heavy atom. The summed E-state index contributed by atoms with van der Waals surface area (Å²) in [5.74, 6) is 0.950. The Labute approximate surface area is 167 Å². The van der Waals surface area contributed by atoms with Crippen LogP contribution in [0.25, 0.3) is 0 Å². The number of rotatable bonds is 7. The van der Waals surface area contributed by atoms with Gasteiger partial charge in [0.15, 0.2) is 0 Å². The van der Waals surface area contributed by atoms with Crippen molar-refractivity contribution >= 4 is 5.91 Å². The molecule has 0 radical (unpaired) electrons. The molecular weight excluding hydrogens is 350 g/mol. The Balaban J connectivity index is 1.76. The Morgan fingerprint density at radius 2 is 2.07 bits per heavy atom. The molecule has 0 bridgehead atoms. The number of nitrogens with zero attached hydrogens (tertiary/aromatic N) is 2. The lowest BCUT2D eigenvalue weighted by molar-refractivity contribution is -0.136. The van der Waals surface area contributed by atoms with Crippen LogP contribution in [0.4, 0.5) is 0 Å². The molecule has 1 atom stereocenters. The van der Waals surface area contributed by atoms with Crippen LogP contribution < -0.4 is 5.56 Å². The van der Waals surface area contributed by atoms with Crippen molar-refractivity contribution in [3.8, 4) is 0 Å². The van der Waals surface area contributed by atoms with Crippen molar-refractivity contribution in [1.82, 2.24) is 14.9 Å². The highest BCUT2D eigenvalue weighted by atomic mass is 16.2. The van der Waals surface area contributed by atoms with E-state index >= 15 is 0 Å². The summed E-state index contributed by atoms with van der Waals surface area (Å²) in [6, 6.07) is 8.15. The monoisotopic (exact) mass is 381 g/mol. The van der Waals surface area contributed by atoms with E-state index in [0.29, 0.717) is 37.3 Å². The maximum Gasteiger partial charge on any atom is 0.256 e. The number of hydrogen-bond donors (Lipinski definition) is 1. The molecule has 1 aliphatic heterocycles. The highest BCUT2D eigenvalue weighted by Gasteiger charge is 2.28. The lowest BCUT2D eigenvalue weighted by Crippen LogP contribution is -2.42. The molecule has 5 nitrogen and oxygen atoms in total. The number of hydrogen-bond acceptors (Lipinski definition) is 3. The molecular formula is C23H31N3O2. The van der Waals surface area contributed by atoms with Crippen molar-refractivity contribution in [2.45, 2.75) is 65.8 Å². The molecule has 150 valence electrons. The summed E-state index contributed by atoms with van der Waals surface area (Å²) in [5, 5.41) is 0. The third kappa shape index (κ3) is 4.51. The van der Waals surface area contributed by atoms with Gasteiger partial charge in [-0.05, 0) is 30.9 Å². The smallest absolute Gasteiger partial charge is 0.256 e. The van der Waals surface area contributed by atoms with Crippen LogP contribution in [0.15, 0.2) is 29.1 Å². The van der Waals surface area contributed by atoms with Crippen LogP contribution in [0, 0.1) is 12.8 Å². The molecule has 1 aromatic heterocycles. The van der Waals surface area contributed by atoms with E-state index in [1.807, 2.05) is 17.0 Å². The van der Waals surface area contributed by atoms with Gasteiger partial charge in [-0.25, -0.2) is 4.98 Å². The van der Waals surface area contributed by atoms with Gasteiger partial charge < -0.3 is 9.88 Å². The van der Waals surface area contributed by atoms with Crippen molar-refractivity contribution in [2.24, 2.45) is 5.92 Å². The number of aromatic amines is 1. The first kappa shape index (κ1) is 20.3. The van der Waals surface area contributed by atoms with Crippen LogP contribution in [0.3, 0.4) is 0 Å². The van der Waals surface area contributed by atoms with Gasteiger partial charge in [0, 0.05) is 25.3 Å². The van der Waals surface area contributed by atoms with E-state index in [0.717, 1.165) is 31.4 Å². The molecule has 2 aromatic rings. The highest BCUT2D eigenvalue weighted by Crippen LogP contribution is 2.21. The summed E-state index contributed by atoms with van der Waals surface area (Å²) in [5.41, 5.74) is 3.75. The molecule has 2 heterocycles. The summed E-state index contributed by atoms with van der Waals surface area (Å²) >= 11 is 0. The predicted octanol–water partition coefficient (Wildman–Crippen LogP) is 3.77. The van der Waals surface area contributed by atoms with E-state index < -0.39 is 0 Å². The van der Waals surface area contributed by atoms with Crippen molar-refractivity contribution < 1.29 is 4.79 Å². The van der Waals surface area contributed by atoms with Crippen LogP contribution in [-0.4, -0.2) is 27.3 Å². The zero-order chi connectivity index (χ0) is 20.1. The summed E-state index contributed by atoms with van der Waals surface area (Å²) < 4.78 is 0. The predicted molar refractivity (Wildman–Crippen MR) is 111 cm³/mol. The molecule has 0 saturated heterocycles. The van der Waals surface area contributed by atoms with Crippen LogP contribution >= 0.6 is 0 Å². The number of H-pyrrole nitrogens is 1. The normalized spacial score (nSPS) is 14.6. The van der Waals surface area contributed by atoms with Gasteiger partial charge >= 0.3 is 0 Å². The van der Waals surface area contributed by atoms with Gasteiger partial charge in [-0.2, -0.15) is 0 Å². The van der Waals surface area contributed by atoms with E-state index in [2.05, 4.69) is 37.9 Å². The summed E-state index contributed by atoms with van der Waals surface area (Å²) in [7, 11) is 0. The largest absolute Gasteiger partial charge is 0.337 e. The quantitative estimate of drug-likeness (QED) is 0.794. The SMILES string of the molecule is CCCC[C@@H](CC)C(=O)N1CCc2nc(Cc3ccccc3C)[nH]c(=O)c2C1. The maximum atomic E-state index is 12.9. The first-order chi connectivity index (χ1) is 13.5. The third-order valence-corrected chi connectivity index (χ3v) is 5.80. The summed E-state index contributed by atoms with van der Waals surface area (Å²) in [6.07, 6.45) is 5.22. The number of aryl methyl sites for hydroxylation is 1. The van der Waals surface area contributed by atoms with E-state index in [9.17, 15) is 9.59 Å². The number of benzene rings is 1. The van der Waals surface area contributed by atoms with Gasteiger partial charge in [0.2, 0.25) is 5.91 Å². The first-order valence-electron chi connectivity index (χ1n) is 10.5. The number of unbranched alkanes of at least 4 members (excludes halogenated alkanes) is 1. The second kappa shape index (κ2) is 9.18. The zero-order valence-corrected chi connectivity index (χ0v) is 17.3. The number of carbonyl (C=O) groups excluding carboxylic acids is 1. The fourth-order valence-corrected chi connectivity index (χ4v) is 3.95. The molecule has 1 N–H and O–H groups in total. The van der Waals surface area contributed by atoms with Crippen molar-refractivity contribution in [3.05, 3.63) is 62.8 Å². The number of aromatic nitrogens is 2. The average Bonchev–Trinajstić information content (AvgIpc) is 2.70. The van der Waals surface area contributed by atoms with Gasteiger partial charge in [0.05, 0.1) is 17.8 Å². The Bertz CT molecular complexity index is 888. The second-order valence-corrected chi connectivity index (χ2v) is 7.80. The molecule has 1 aliphatic rings. The van der Waals surface area contributed by atoms with Crippen molar-refractivity contribution in [1.29, 1.82) is 0 Å². The zero-order valence-electron chi connectivity index (χ0n) is 17.3. The Morgan fingerprint density at radius 3 is 2.79 bits per heavy atom. The molecule has 3 rings (SSSR count). The maximum absolute atomic E-state index is 12.9. The molecule has 0 aliphatic carbocycles. The molecule has 1 amide bonds. The molecule has 1 aromatic carbocycles. The van der Waals surface area contributed by atoms with Crippen LogP contribution in [0.5, 0.6) is 0 Å². The molecule has 0 saturated carbocycles. The van der Waals surface area contributed by atoms with Gasteiger partial charge in [0.1, 0.15) is 5.82 Å². The summed E-state index contributed by atoms with van der Waals surface area (Å²) in [6.45, 7) is 7.31. The molecule has 0 spiro atoms. The number of carbonyl (C=O) groups is 1. The van der Waals surface area contributed by atoms with Crippen LogP contribution in [0.2, 0.25) is 0 Å². The Hall–Kier alpha value is -2.43. The van der Waals surface area contributed by atoms with Gasteiger partial charge in [0.25, 0.3) is 5.56 Å². The number of fused-ring (bicyclic) bond motifs is 1. The molecule has 28 heavy (non-hydrogen) atoms. The lowest BCUT2D eigenvalue weighted by Gasteiger charge is -2.31. The first-order valence-corrected chi connectivity index (χ1v) is 10.5. The van der Waals surface area contributed by atoms with Crippen LogP contribution in [-0.2, 0) is 24.2 Å². The molecule has 0 fully saturated rings. The minimum absolute atomic E-state index is 0.0638. The standard InChI is InChI=1S/C23H31N3O2/c1-4-6-10-17(5-2)23(28)26-13-12-20-19(15-26)22(27)25-21(24-20)14-18-11-8-7-9-16(18)3/h7-9,11,17H,4-6,10,12-15H2,1-3H3,(H,24,25,27)/t17-/m1/s1. The number of amides is 1. The second-order valence-electron chi connectivity index (χ2n) is 7.80. The minimum Gasteiger partial charge on any atom is -0.337 e. The van der Waals surface area contributed by atoms with E-state index in [-0.39, 0.29) is 17.4 Å². The van der Waals surface area contributed by atoms with Gasteiger partial charge in [-0.15, -0.1) is 0 Å². The van der Waals surface area contributed by atoms with Gasteiger partial charge in [-0.1, -0.05) is 51.0 Å². The minimum atomic E-state index is -0.104. The topological polar surface area (TPSA) is 66.1 Å². The Kier molecular flexibility index (Phi) is 6.65. The van der Waals surface area contributed by atoms with E-state index in [1.54, 1.807) is 0 Å². The van der Waals surface area contributed by atoms with Crippen LogP contribution in [0.1, 0.15) is 67.7 Å². The fraction of sp³-hybridized carbons (Fsp3) is 0.522. The van der Waals surface area contributed by atoms with E-state index in [1.165, 1.54) is 11.1 Å². The summed E-state index contributed by atoms with van der Waals surface area (Å²) in [4.78, 5) is 35.1.